The Morgan fingerprint density at radius 1 is 1.25 bits per heavy atom. The third kappa shape index (κ3) is 1.67. The van der Waals surface area contributed by atoms with E-state index >= 15 is 0 Å². The molecule has 2 rings (SSSR count). The first kappa shape index (κ1) is 10.7. The number of hydrogen-bond acceptors (Lipinski definition) is 2. The summed E-state index contributed by atoms with van der Waals surface area (Å²) in [6, 6.07) is 9.10. The second-order valence-electron chi connectivity index (χ2n) is 4.28. The summed E-state index contributed by atoms with van der Waals surface area (Å²) in [5.41, 5.74) is 0.851. The third-order valence-electron chi connectivity index (χ3n) is 3.36. The zero-order valence-electron chi connectivity index (χ0n) is 8.94. The number of rotatable bonds is 2. The molecule has 1 aromatic carbocycles. The molecule has 0 aromatic heterocycles. The first-order valence-corrected chi connectivity index (χ1v) is 5.43. The van der Waals surface area contributed by atoms with Crippen molar-refractivity contribution in [1.82, 2.24) is 0 Å². The molecule has 1 fully saturated rings. The summed E-state index contributed by atoms with van der Waals surface area (Å²) in [4.78, 5) is 10.7. The highest BCUT2D eigenvalue weighted by molar-refractivity contribution is 5.87. The van der Waals surface area contributed by atoms with Gasteiger partial charge in [-0.05, 0) is 30.5 Å². The first-order chi connectivity index (χ1) is 7.68. The van der Waals surface area contributed by atoms with E-state index < -0.39 is 5.97 Å². The number of benzene rings is 1. The lowest BCUT2D eigenvalue weighted by Gasteiger charge is -2.20. The summed E-state index contributed by atoms with van der Waals surface area (Å²) < 4.78 is 0. The van der Waals surface area contributed by atoms with Crippen molar-refractivity contribution in [3.63, 3.8) is 0 Å². The number of nitrogens with zero attached hydrogens (tertiary/aromatic N) is 1. The molecule has 0 amide bonds. The van der Waals surface area contributed by atoms with Crippen molar-refractivity contribution >= 4 is 5.97 Å². The Morgan fingerprint density at radius 2 is 1.81 bits per heavy atom. The molecule has 1 saturated carbocycles. The van der Waals surface area contributed by atoms with Crippen LogP contribution in [-0.4, -0.2) is 11.1 Å². The van der Waals surface area contributed by atoms with E-state index in [0.717, 1.165) is 31.2 Å². The van der Waals surface area contributed by atoms with Crippen LogP contribution >= 0.6 is 0 Å². The molecule has 3 heteroatoms. The summed E-state index contributed by atoms with van der Waals surface area (Å²) in [6.45, 7) is 0. The zero-order chi connectivity index (χ0) is 11.6. The molecule has 1 aromatic rings. The Morgan fingerprint density at radius 3 is 2.25 bits per heavy atom. The smallest absolute Gasteiger partial charge is 0.335 e. The van der Waals surface area contributed by atoms with Crippen LogP contribution in [-0.2, 0) is 5.41 Å². The van der Waals surface area contributed by atoms with Crippen molar-refractivity contribution in [3.8, 4) is 6.07 Å². The molecule has 1 aliphatic rings. The van der Waals surface area contributed by atoms with Crippen molar-refractivity contribution in [1.29, 1.82) is 5.26 Å². The van der Waals surface area contributed by atoms with E-state index in [2.05, 4.69) is 6.07 Å². The highest BCUT2D eigenvalue weighted by Crippen LogP contribution is 2.40. The van der Waals surface area contributed by atoms with Gasteiger partial charge in [-0.2, -0.15) is 5.26 Å². The maximum absolute atomic E-state index is 10.7. The third-order valence-corrected chi connectivity index (χ3v) is 3.36. The van der Waals surface area contributed by atoms with Crippen LogP contribution in [0.25, 0.3) is 0 Å². The largest absolute Gasteiger partial charge is 0.478 e. The van der Waals surface area contributed by atoms with Crippen molar-refractivity contribution in [2.45, 2.75) is 31.1 Å². The highest BCUT2D eigenvalue weighted by Gasteiger charge is 2.35. The molecule has 0 bridgehead atoms. The van der Waals surface area contributed by atoms with E-state index in [4.69, 9.17) is 5.11 Å². The Hall–Kier alpha value is -1.82. The molecule has 0 saturated heterocycles. The SMILES string of the molecule is N#CC1(c2ccc(C(=O)O)cc2)CCCC1. The van der Waals surface area contributed by atoms with E-state index in [1.54, 1.807) is 24.3 Å². The molecule has 0 heterocycles. The van der Waals surface area contributed by atoms with E-state index in [0.29, 0.717) is 0 Å². The number of nitriles is 1. The van der Waals surface area contributed by atoms with Crippen LogP contribution in [0.4, 0.5) is 0 Å². The normalized spacial score (nSPS) is 17.9. The number of carboxylic acid groups (broad SMARTS) is 1. The lowest BCUT2D eigenvalue weighted by molar-refractivity contribution is 0.0697. The average molecular weight is 215 g/mol. The molecule has 82 valence electrons. The summed E-state index contributed by atoms with van der Waals surface area (Å²) in [7, 11) is 0. The van der Waals surface area contributed by atoms with Crippen LogP contribution in [0.3, 0.4) is 0 Å². The van der Waals surface area contributed by atoms with Gasteiger partial charge in [-0.1, -0.05) is 25.0 Å². The summed E-state index contributed by atoms with van der Waals surface area (Å²) >= 11 is 0. The monoisotopic (exact) mass is 215 g/mol. The van der Waals surface area contributed by atoms with Gasteiger partial charge in [-0.15, -0.1) is 0 Å². The number of carboxylic acids is 1. The first-order valence-electron chi connectivity index (χ1n) is 5.43. The Balaban J connectivity index is 2.34. The van der Waals surface area contributed by atoms with Gasteiger partial charge in [0.15, 0.2) is 0 Å². The molecule has 0 spiro atoms. The fraction of sp³-hybridized carbons (Fsp3) is 0.385. The van der Waals surface area contributed by atoms with Crippen LogP contribution < -0.4 is 0 Å². The maximum Gasteiger partial charge on any atom is 0.335 e. The molecular weight excluding hydrogens is 202 g/mol. The van der Waals surface area contributed by atoms with Gasteiger partial charge < -0.3 is 5.11 Å². The molecular formula is C13H13NO2. The number of hydrogen-bond donors (Lipinski definition) is 1. The van der Waals surface area contributed by atoms with Gasteiger partial charge in [0.1, 0.15) is 0 Å². The Labute approximate surface area is 94.3 Å². The highest BCUT2D eigenvalue weighted by atomic mass is 16.4. The Kier molecular flexibility index (Phi) is 2.66. The molecule has 0 unspecified atom stereocenters. The van der Waals surface area contributed by atoms with Gasteiger partial charge in [-0.25, -0.2) is 4.79 Å². The maximum atomic E-state index is 10.7. The van der Waals surface area contributed by atoms with Gasteiger partial charge in [-0.3, -0.25) is 0 Å². The van der Waals surface area contributed by atoms with Crippen molar-refractivity contribution < 1.29 is 9.90 Å². The van der Waals surface area contributed by atoms with E-state index in [9.17, 15) is 10.1 Å². The quantitative estimate of drug-likeness (QED) is 0.825. The summed E-state index contributed by atoms with van der Waals surface area (Å²) in [5.74, 6) is -0.927. The predicted molar refractivity (Wildman–Crippen MR) is 59.2 cm³/mol. The van der Waals surface area contributed by atoms with Gasteiger partial charge in [0.2, 0.25) is 0 Å². The fourth-order valence-electron chi connectivity index (χ4n) is 2.38. The minimum absolute atomic E-state index is 0.273. The standard InChI is InChI=1S/C13H13NO2/c14-9-13(7-1-2-8-13)11-5-3-10(4-6-11)12(15)16/h3-6H,1-2,7-8H2,(H,15,16). The van der Waals surface area contributed by atoms with E-state index in [1.807, 2.05) is 0 Å². The molecule has 3 nitrogen and oxygen atoms in total. The van der Waals surface area contributed by atoms with Crippen LogP contribution in [0.2, 0.25) is 0 Å². The molecule has 0 radical (unpaired) electrons. The second-order valence-corrected chi connectivity index (χ2v) is 4.28. The van der Waals surface area contributed by atoms with Gasteiger partial charge in [0, 0.05) is 0 Å². The second kappa shape index (κ2) is 3.97. The van der Waals surface area contributed by atoms with E-state index in [1.165, 1.54) is 0 Å². The van der Waals surface area contributed by atoms with Crippen molar-refractivity contribution in [2.24, 2.45) is 0 Å². The topological polar surface area (TPSA) is 61.1 Å². The number of aromatic carboxylic acids is 1. The number of carbonyl (C=O) groups is 1. The summed E-state index contributed by atoms with van der Waals surface area (Å²) in [6.07, 6.45) is 3.92. The van der Waals surface area contributed by atoms with Gasteiger partial charge in [0.25, 0.3) is 0 Å². The van der Waals surface area contributed by atoms with Crippen LogP contribution in [0, 0.1) is 11.3 Å². The van der Waals surface area contributed by atoms with Crippen LogP contribution in [0.5, 0.6) is 0 Å². The minimum Gasteiger partial charge on any atom is -0.478 e. The Bertz CT molecular complexity index is 436. The van der Waals surface area contributed by atoms with Gasteiger partial charge >= 0.3 is 5.97 Å². The lowest BCUT2D eigenvalue weighted by atomic mass is 9.80. The fourth-order valence-corrected chi connectivity index (χ4v) is 2.38. The predicted octanol–water partition coefficient (Wildman–Crippen LogP) is 2.72. The summed E-state index contributed by atoms with van der Waals surface area (Å²) in [5, 5.41) is 18.1. The van der Waals surface area contributed by atoms with Crippen molar-refractivity contribution in [3.05, 3.63) is 35.4 Å². The molecule has 1 aliphatic carbocycles. The average Bonchev–Trinajstić information content (AvgIpc) is 2.79. The zero-order valence-corrected chi connectivity index (χ0v) is 8.94. The van der Waals surface area contributed by atoms with Crippen LogP contribution in [0.15, 0.2) is 24.3 Å². The van der Waals surface area contributed by atoms with E-state index in [-0.39, 0.29) is 11.0 Å². The van der Waals surface area contributed by atoms with Gasteiger partial charge in [0.05, 0.1) is 17.0 Å². The molecule has 1 N–H and O–H groups in total. The lowest BCUT2D eigenvalue weighted by Crippen LogP contribution is -2.19. The van der Waals surface area contributed by atoms with Crippen LogP contribution in [0.1, 0.15) is 41.6 Å². The molecule has 16 heavy (non-hydrogen) atoms. The van der Waals surface area contributed by atoms with Crippen molar-refractivity contribution in [2.75, 3.05) is 0 Å². The molecule has 0 atom stereocenters. The minimum atomic E-state index is -0.927. The molecule has 0 aliphatic heterocycles.